The van der Waals surface area contributed by atoms with Crippen LogP contribution in [0.4, 0.5) is 0 Å². The predicted molar refractivity (Wildman–Crippen MR) is 80.0 cm³/mol. The maximum atomic E-state index is 10.7. The highest BCUT2D eigenvalue weighted by atomic mass is 35.5. The molecule has 2 nitrogen and oxygen atoms in total. The van der Waals surface area contributed by atoms with Crippen LogP contribution in [0.15, 0.2) is 36.4 Å². The van der Waals surface area contributed by atoms with E-state index in [-0.39, 0.29) is 0 Å². The van der Waals surface area contributed by atoms with Gasteiger partial charge in [0.05, 0.1) is 6.61 Å². The number of halogens is 2. The minimum atomic E-state index is -0.425. The zero-order chi connectivity index (χ0) is 14.1. The van der Waals surface area contributed by atoms with Crippen molar-refractivity contribution < 1.29 is 9.53 Å². The van der Waals surface area contributed by atoms with Crippen molar-refractivity contribution in [1.82, 2.24) is 0 Å². The van der Waals surface area contributed by atoms with Gasteiger partial charge in [0.2, 0.25) is 5.24 Å². The van der Waals surface area contributed by atoms with Gasteiger partial charge in [0, 0.05) is 10.6 Å². The summed E-state index contributed by atoms with van der Waals surface area (Å²) in [6, 6.07) is 7.34. The lowest BCUT2D eigenvalue weighted by Crippen LogP contribution is -1.97. The summed E-state index contributed by atoms with van der Waals surface area (Å²) in [6.07, 6.45) is 4.73. The number of allylic oxidation sites excluding steroid dienone is 1. The molecule has 1 aromatic rings. The van der Waals surface area contributed by atoms with E-state index in [1.807, 2.05) is 24.3 Å². The van der Waals surface area contributed by atoms with Gasteiger partial charge in [-0.05, 0) is 55.1 Å². The normalized spacial score (nSPS) is 10.2. The lowest BCUT2D eigenvalue weighted by molar-refractivity contribution is -0.108. The molecule has 0 aliphatic carbocycles. The van der Waals surface area contributed by atoms with E-state index >= 15 is 0 Å². The molecule has 0 atom stereocenters. The number of ether oxygens (including phenoxy) is 1. The fraction of sp³-hybridized carbons (Fsp3) is 0.400. The van der Waals surface area contributed by atoms with Crippen LogP contribution in [0, 0.1) is 0 Å². The largest absolute Gasteiger partial charge is 0.494 e. The number of benzene rings is 1. The first-order valence-corrected chi connectivity index (χ1v) is 7.11. The van der Waals surface area contributed by atoms with E-state index in [9.17, 15) is 4.79 Å². The van der Waals surface area contributed by atoms with E-state index in [1.165, 1.54) is 0 Å². The van der Waals surface area contributed by atoms with Gasteiger partial charge in [0.15, 0.2) is 0 Å². The third-order valence-electron chi connectivity index (χ3n) is 2.73. The maximum Gasteiger partial charge on any atom is 0.247 e. The molecule has 0 N–H and O–H groups in total. The SMILES string of the molecule is C=C(CCCCCCOc1ccc(Cl)cc1)C(=O)Cl. The molecule has 19 heavy (non-hydrogen) atoms. The van der Waals surface area contributed by atoms with Crippen LogP contribution in [0.1, 0.15) is 32.1 Å². The zero-order valence-electron chi connectivity index (χ0n) is 10.8. The molecular formula is C15H18Cl2O2. The maximum absolute atomic E-state index is 10.7. The molecule has 0 aromatic heterocycles. The summed E-state index contributed by atoms with van der Waals surface area (Å²) in [6.45, 7) is 4.31. The van der Waals surface area contributed by atoms with Gasteiger partial charge in [0.25, 0.3) is 0 Å². The van der Waals surface area contributed by atoms with Crippen molar-refractivity contribution >= 4 is 28.4 Å². The molecule has 0 aliphatic heterocycles. The van der Waals surface area contributed by atoms with Crippen molar-refractivity contribution in [2.75, 3.05) is 6.61 Å². The Morgan fingerprint density at radius 3 is 2.37 bits per heavy atom. The molecule has 1 aromatic carbocycles. The number of rotatable bonds is 9. The van der Waals surface area contributed by atoms with E-state index in [0.29, 0.717) is 23.6 Å². The van der Waals surface area contributed by atoms with Gasteiger partial charge in [-0.3, -0.25) is 4.79 Å². The van der Waals surface area contributed by atoms with Crippen LogP contribution in [-0.2, 0) is 4.79 Å². The average molecular weight is 301 g/mol. The lowest BCUT2D eigenvalue weighted by atomic mass is 10.1. The van der Waals surface area contributed by atoms with Crippen molar-refractivity contribution in [2.24, 2.45) is 0 Å². The van der Waals surface area contributed by atoms with Crippen LogP contribution in [0.3, 0.4) is 0 Å². The third-order valence-corrected chi connectivity index (χ3v) is 3.25. The number of carbonyl (C=O) groups excluding carboxylic acids is 1. The number of hydrogen-bond donors (Lipinski definition) is 0. The molecule has 1 rings (SSSR count). The summed E-state index contributed by atoms with van der Waals surface area (Å²) in [5.41, 5.74) is 0.499. The van der Waals surface area contributed by atoms with Crippen molar-refractivity contribution in [3.8, 4) is 5.75 Å². The number of hydrogen-bond acceptors (Lipinski definition) is 2. The molecule has 104 valence electrons. The van der Waals surface area contributed by atoms with Gasteiger partial charge in [0.1, 0.15) is 5.75 Å². The summed E-state index contributed by atoms with van der Waals surface area (Å²) in [5, 5.41) is 0.285. The second-order valence-electron chi connectivity index (χ2n) is 4.34. The second-order valence-corrected chi connectivity index (χ2v) is 5.12. The monoisotopic (exact) mass is 300 g/mol. The molecule has 4 heteroatoms. The molecule has 0 heterocycles. The molecular weight excluding hydrogens is 283 g/mol. The first-order chi connectivity index (χ1) is 9.09. The van der Waals surface area contributed by atoms with Gasteiger partial charge >= 0.3 is 0 Å². The van der Waals surface area contributed by atoms with Crippen molar-refractivity contribution in [3.63, 3.8) is 0 Å². The molecule has 0 amide bonds. The van der Waals surface area contributed by atoms with Gasteiger partial charge in [-0.2, -0.15) is 0 Å². The Kier molecular flexibility index (Phi) is 7.61. The Morgan fingerprint density at radius 1 is 1.11 bits per heavy atom. The fourth-order valence-corrected chi connectivity index (χ4v) is 1.83. The van der Waals surface area contributed by atoms with Crippen molar-refractivity contribution in [3.05, 3.63) is 41.4 Å². The summed E-state index contributed by atoms with van der Waals surface area (Å²) >= 11 is 11.1. The summed E-state index contributed by atoms with van der Waals surface area (Å²) in [7, 11) is 0. The Morgan fingerprint density at radius 2 is 1.74 bits per heavy atom. The second kappa shape index (κ2) is 9.00. The van der Waals surface area contributed by atoms with E-state index < -0.39 is 5.24 Å². The first-order valence-electron chi connectivity index (χ1n) is 6.35. The summed E-state index contributed by atoms with van der Waals surface area (Å²) in [5.74, 6) is 0.838. The number of carbonyl (C=O) groups is 1. The van der Waals surface area contributed by atoms with Crippen LogP contribution >= 0.6 is 23.2 Å². The van der Waals surface area contributed by atoms with E-state index in [1.54, 1.807) is 0 Å². The van der Waals surface area contributed by atoms with Gasteiger partial charge in [-0.25, -0.2) is 0 Å². The molecule has 0 radical (unpaired) electrons. The van der Waals surface area contributed by atoms with Crippen molar-refractivity contribution in [2.45, 2.75) is 32.1 Å². The number of unbranched alkanes of at least 4 members (excludes halogenated alkanes) is 3. The highest BCUT2D eigenvalue weighted by Crippen LogP contribution is 2.16. The summed E-state index contributed by atoms with van der Waals surface area (Å²) < 4.78 is 5.58. The molecule has 0 aliphatic rings. The quantitative estimate of drug-likeness (QED) is 0.365. The molecule has 0 saturated carbocycles. The molecule has 0 saturated heterocycles. The van der Waals surface area contributed by atoms with E-state index in [0.717, 1.165) is 31.4 Å². The highest BCUT2D eigenvalue weighted by molar-refractivity contribution is 6.67. The van der Waals surface area contributed by atoms with Crippen LogP contribution in [0.2, 0.25) is 5.02 Å². The summed E-state index contributed by atoms with van der Waals surface area (Å²) in [4.78, 5) is 10.7. The van der Waals surface area contributed by atoms with Crippen molar-refractivity contribution in [1.29, 1.82) is 0 Å². The minimum Gasteiger partial charge on any atom is -0.494 e. The van der Waals surface area contributed by atoms with Crippen LogP contribution in [0.5, 0.6) is 5.75 Å². The highest BCUT2D eigenvalue weighted by Gasteiger charge is 2.02. The molecule has 0 bridgehead atoms. The lowest BCUT2D eigenvalue weighted by Gasteiger charge is -2.06. The Labute approximate surface area is 124 Å². The smallest absolute Gasteiger partial charge is 0.247 e. The fourth-order valence-electron chi connectivity index (χ4n) is 1.61. The molecule has 0 fully saturated rings. The molecule has 0 spiro atoms. The van der Waals surface area contributed by atoms with E-state index in [2.05, 4.69) is 6.58 Å². The minimum absolute atomic E-state index is 0.425. The van der Waals surface area contributed by atoms with Gasteiger partial charge in [-0.15, -0.1) is 0 Å². The topological polar surface area (TPSA) is 26.3 Å². The first kappa shape index (κ1) is 16.1. The van der Waals surface area contributed by atoms with Crippen LogP contribution < -0.4 is 4.74 Å². The zero-order valence-corrected chi connectivity index (χ0v) is 12.3. The Bertz CT molecular complexity index is 413. The standard InChI is InChI=1S/C15H18Cl2O2/c1-12(15(17)18)6-4-2-3-5-11-19-14-9-7-13(16)8-10-14/h7-10H,1-6,11H2. The van der Waals surface area contributed by atoms with Crippen LogP contribution in [0.25, 0.3) is 0 Å². The third kappa shape index (κ3) is 7.24. The Balaban J connectivity index is 2.01. The Hall–Kier alpha value is -0.990. The predicted octanol–water partition coefficient (Wildman–Crippen LogP) is 4.99. The van der Waals surface area contributed by atoms with Crippen LogP contribution in [-0.4, -0.2) is 11.8 Å². The molecule has 0 unspecified atom stereocenters. The van der Waals surface area contributed by atoms with Gasteiger partial charge in [-0.1, -0.05) is 31.0 Å². The average Bonchev–Trinajstić information content (AvgIpc) is 2.39. The van der Waals surface area contributed by atoms with E-state index in [4.69, 9.17) is 27.9 Å². The van der Waals surface area contributed by atoms with Gasteiger partial charge < -0.3 is 4.74 Å².